The van der Waals surface area contributed by atoms with Crippen molar-refractivity contribution in [2.75, 3.05) is 11.9 Å². The number of hydrogen-bond donors (Lipinski definition) is 5. The number of aliphatic hydroxyl groups is 1. The Morgan fingerprint density at radius 3 is 2.83 bits per heavy atom. The van der Waals surface area contributed by atoms with Gasteiger partial charge in [0.2, 0.25) is 10.0 Å². The summed E-state index contributed by atoms with van der Waals surface area (Å²) in [7, 11) is -3.91. The van der Waals surface area contributed by atoms with Crippen LogP contribution in [0.5, 0.6) is 0 Å². The Labute approximate surface area is 203 Å². The molecular formula is C20H24N8O7S. The van der Waals surface area contributed by atoms with E-state index >= 15 is 0 Å². The van der Waals surface area contributed by atoms with Gasteiger partial charge in [-0.15, -0.1) is 5.10 Å². The predicted octanol–water partition coefficient (Wildman–Crippen LogP) is -1.07. The van der Waals surface area contributed by atoms with Gasteiger partial charge in [0, 0.05) is 23.9 Å². The van der Waals surface area contributed by atoms with Gasteiger partial charge in [-0.2, -0.15) is 0 Å². The molecule has 6 N–H and O–H groups in total. The van der Waals surface area contributed by atoms with Crippen molar-refractivity contribution in [3.63, 3.8) is 0 Å². The zero-order chi connectivity index (χ0) is 26.0. The molecule has 2 aromatic heterocycles. The first-order valence-electron chi connectivity index (χ1n) is 10.7. The highest BCUT2D eigenvalue weighted by molar-refractivity contribution is 7.89. The summed E-state index contributed by atoms with van der Waals surface area (Å²) < 4.78 is 31.5. The molecule has 3 heterocycles. The summed E-state index contributed by atoms with van der Waals surface area (Å²) in [6.45, 7) is 1.22. The molecule has 0 unspecified atom stereocenters. The topological polar surface area (TPSA) is 216 Å². The second-order valence-electron chi connectivity index (χ2n) is 8.16. The molecule has 36 heavy (non-hydrogen) atoms. The number of urea groups is 1. The van der Waals surface area contributed by atoms with Gasteiger partial charge >= 0.3 is 11.7 Å². The van der Waals surface area contributed by atoms with Crippen molar-refractivity contribution in [1.82, 2.24) is 29.9 Å². The van der Waals surface area contributed by atoms with Gasteiger partial charge in [-0.3, -0.25) is 14.3 Å². The molecule has 4 rings (SSSR count). The predicted molar refractivity (Wildman–Crippen MR) is 124 cm³/mol. The fourth-order valence-corrected chi connectivity index (χ4v) is 4.34. The van der Waals surface area contributed by atoms with Gasteiger partial charge in [-0.05, 0) is 25.1 Å². The molecule has 0 spiro atoms. The summed E-state index contributed by atoms with van der Waals surface area (Å²) in [5.41, 5.74) is -0.141. The minimum atomic E-state index is -3.91. The number of primary sulfonamides is 1. The summed E-state index contributed by atoms with van der Waals surface area (Å²) in [5, 5.41) is 28.0. The molecule has 0 bridgehead atoms. The van der Waals surface area contributed by atoms with Gasteiger partial charge in [0.1, 0.15) is 18.0 Å². The number of nitrogens with two attached hydrogens (primary N) is 1. The van der Waals surface area contributed by atoms with Gasteiger partial charge in [0.05, 0.1) is 30.3 Å². The minimum Gasteiger partial charge on any atom is -0.394 e. The number of aryl methyl sites for hydroxylation is 1. The van der Waals surface area contributed by atoms with Gasteiger partial charge in [0.25, 0.3) is 5.56 Å². The van der Waals surface area contributed by atoms with Crippen LogP contribution in [0.15, 0.2) is 51.1 Å². The van der Waals surface area contributed by atoms with Gasteiger partial charge in [-0.25, -0.2) is 27.8 Å². The fraction of sp³-hybridized carbons (Fsp3) is 0.350. The van der Waals surface area contributed by atoms with E-state index in [1.165, 1.54) is 39.7 Å². The first-order valence-corrected chi connectivity index (χ1v) is 12.3. The number of H-pyrrole nitrogens is 1. The molecule has 16 heteroatoms. The highest BCUT2D eigenvalue weighted by Gasteiger charge is 2.38. The largest absolute Gasteiger partial charge is 0.394 e. The number of amides is 2. The number of aromatic amines is 1. The fourth-order valence-electron chi connectivity index (χ4n) is 3.78. The van der Waals surface area contributed by atoms with Crippen LogP contribution in [0.4, 0.5) is 10.5 Å². The lowest BCUT2D eigenvalue weighted by atomic mass is 10.1. The van der Waals surface area contributed by atoms with Crippen LogP contribution >= 0.6 is 0 Å². The first kappa shape index (κ1) is 25.2. The van der Waals surface area contributed by atoms with Crippen LogP contribution in [0.25, 0.3) is 0 Å². The lowest BCUT2D eigenvalue weighted by molar-refractivity contribution is -0.0323. The number of sulfonamides is 1. The number of anilines is 1. The Balaban J connectivity index is 1.40. The van der Waals surface area contributed by atoms with E-state index in [0.29, 0.717) is 11.3 Å². The summed E-state index contributed by atoms with van der Waals surface area (Å²) >= 11 is 0. The monoisotopic (exact) mass is 520 g/mol. The maximum absolute atomic E-state index is 12.2. The minimum absolute atomic E-state index is 0.0000832. The SMILES string of the molecule is Cc1cn([C@H]2C[C@H](n3cc(CNC(=O)Nc4cccc(S(N)(=O)=O)c4)nn3)[C@@H](CO)O2)c(=O)[nH]c1=O. The molecule has 3 aromatic rings. The van der Waals surface area contributed by atoms with Crippen LogP contribution in [-0.2, 0) is 21.3 Å². The second-order valence-corrected chi connectivity index (χ2v) is 9.73. The molecule has 192 valence electrons. The Bertz CT molecular complexity index is 1500. The van der Waals surface area contributed by atoms with E-state index in [1.807, 2.05) is 0 Å². The van der Waals surface area contributed by atoms with Crippen LogP contribution in [0, 0.1) is 6.92 Å². The molecule has 0 aliphatic carbocycles. The zero-order valence-corrected chi connectivity index (χ0v) is 19.8. The van der Waals surface area contributed by atoms with E-state index in [0.717, 1.165) is 0 Å². The number of aliphatic hydroxyl groups excluding tert-OH is 1. The number of hydrogen-bond acceptors (Lipinski definition) is 9. The quantitative estimate of drug-likeness (QED) is 0.256. The first-order chi connectivity index (χ1) is 17.0. The highest BCUT2D eigenvalue weighted by atomic mass is 32.2. The molecule has 1 fully saturated rings. The van der Waals surface area contributed by atoms with E-state index in [1.54, 1.807) is 13.1 Å². The second kappa shape index (κ2) is 10.0. The summed E-state index contributed by atoms with van der Waals surface area (Å²) in [6.07, 6.45) is 1.82. The Morgan fingerprint density at radius 2 is 2.11 bits per heavy atom. The molecule has 1 aliphatic rings. The molecule has 0 radical (unpaired) electrons. The molecule has 1 saturated heterocycles. The normalized spacial score (nSPS) is 19.8. The molecule has 1 aromatic carbocycles. The maximum atomic E-state index is 12.2. The van der Waals surface area contributed by atoms with Crippen LogP contribution in [-0.4, -0.2) is 56.8 Å². The summed E-state index contributed by atoms with van der Waals surface area (Å²) in [6, 6.07) is 4.41. The lowest BCUT2D eigenvalue weighted by Crippen LogP contribution is -2.33. The Kier molecular flexibility index (Phi) is 7.02. The van der Waals surface area contributed by atoms with Crippen molar-refractivity contribution in [3.05, 3.63) is 68.8 Å². The van der Waals surface area contributed by atoms with E-state index in [-0.39, 0.29) is 30.2 Å². The molecule has 3 atom stereocenters. The van der Waals surface area contributed by atoms with Gasteiger partial charge in [-0.1, -0.05) is 11.3 Å². The lowest BCUT2D eigenvalue weighted by Gasteiger charge is -2.15. The zero-order valence-electron chi connectivity index (χ0n) is 19.0. The smallest absolute Gasteiger partial charge is 0.330 e. The van der Waals surface area contributed by atoms with E-state index < -0.39 is 45.7 Å². The Morgan fingerprint density at radius 1 is 1.33 bits per heavy atom. The van der Waals surface area contributed by atoms with Crippen LogP contribution in [0.3, 0.4) is 0 Å². The van der Waals surface area contributed by atoms with Crippen molar-refractivity contribution < 1.29 is 23.1 Å². The van der Waals surface area contributed by atoms with Crippen molar-refractivity contribution >= 4 is 21.7 Å². The average Bonchev–Trinajstić information content (AvgIpc) is 3.46. The number of benzene rings is 1. The number of carbonyl (C=O) groups is 1. The average molecular weight is 521 g/mol. The molecule has 0 saturated carbocycles. The number of nitrogens with zero attached hydrogens (tertiary/aromatic N) is 4. The number of rotatable bonds is 7. The van der Waals surface area contributed by atoms with E-state index in [2.05, 4.69) is 25.9 Å². The third-order valence-corrected chi connectivity index (χ3v) is 6.50. The van der Waals surface area contributed by atoms with Gasteiger partial charge in [0.15, 0.2) is 0 Å². The molecule has 1 aliphatic heterocycles. The van der Waals surface area contributed by atoms with Crippen molar-refractivity contribution in [2.45, 2.75) is 43.2 Å². The number of nitrogens with one attached hydrogen (secondary N) is 3. The van der Waals surface area contributed by atoms with Crippen molar-refractivity contribution in [1.29, 1.82) is 0 Å². The number of aromatic nitrogens is 5. The van der Waals surface area contributed by atoms with Crippen LogP contribution in [0.2, 0.25) is 0 Å². The number of ether oxygens (including phenoxy) is 1. The maximum Gasteiger partial charge on any atom is 0.330 e. The van der Waals surface area contributed by atoms with Crippen molar-refractivity contribution in [3.8, 4) is 0 Å². The van der Waals surface area contributed by atoms with Crippen molar-refractivity contribution in [2.24, 2.45) is 5.14 Å². The molecule has 15 nitrogen and oxygen atoms in total. The summed E-state index contributed by atoms with van der Waals surface area (Å²) in [4.78, 5) is 38.2. The molecule has 2 amide bonds. The molecular weight excluding hydrogens is 496 g/mol. The third-order valence-electron chi connectivity index (χ3n) is 5.59. The number of carbonyl (C=O) groups excluding carboxylic acids is 1. The Hall–Kier alpha value is -3.86. The van der Waals surface area contributed by atoms with Gasteiger partial charge < -0.3 is 20.5 Å². The van der Waals surface area contributed by atoms with E-state index in [9.17, 15) is 27.9 Å². The van der Waals surface area contributed by atoms with Crippen LogP contribution in [0.1, 0.15) is 29.9 Å². The summed E-state index contributed by atoms with van der Waals surface area (Å²) in [5.74, 6) is 0. The van der Waals surface area contributed by atoms with Crippen LogP contribution < -0.4 is 27.0 Å². The highest BCUT2D eigenvalue weighted by Crippen LogP contribution is 2.35. The standard InChI is InChI=1S/C20H24N8O7S/c1-11-8-27(20(32)24-18(11)30)17-6-15(16(10-29)35-17)28-9-13(25-26-28)7-22-19(31)23-12-3-2-4-14(5-12)36(21,33)34/h2-5,8-9,15-17,29H,6-7,10H2,1H3,(H2,21,33,34)(H2,22,23,31)(H,24,30,32)/t15-,16+,17+/m0/s1. The van der Waals surface area contributed by atoms with E-state index in [4.69, 9.17) is 9.88 Å². The third kappa shape index (κ3) is 5.51.